The summed E-state index contributed by atoms with van der Waals surface area (Å²) in [4.78, 5) is 27.2. The maximum atomic E-state index is 13.4. The first-order chi connectivity index (χ1) is 15.1. The number of nitrogens with one attached hydrogen (secondary N) is 1. The van der Waals surface area contributed by atoms with Gasteiger partial charge in [0.15, 0.2) is 11.2 Å². The Bertz CT molecular complexity index is 1160. The van der Waals surface area contributed by atoms with Gasteiger partial charge in [0.05, 0.1) is 6.54 Å². The van der Waals surface area contributed by atoms with Crippen LogP contribution >= 0.6 is 0 Å². The van der Waals surface area contributed by atoms with Gasteiger partial charge in [-0.1, -0.05) is 36.3 Å². The van der Waals surface area contributed by atoms with Crippen molar-refractivity contribution in [3.63, 3.8) is 0 Å². The number of hydrogen-bond donors (Lipinski definition) is 1. The molecule has 0 aliphatic carbocycles. The minimum atomic E-state index is -0.0988. The number of hydrogen-bond acceptors (Lipinski definition) is 6. The third kappa shape index (κ3) is 4.28. The van der Waals surface area contributed by atoms with Crippen molar-refractivity contribution in [2.75, 3.05) is 49.6 Å². The van der Waals surface area contributed by atoms with Crippen LogP contribution in [0.2, 0.25) is 0 Å². The van der Waals surface area contributed by atoms with Crippen LogP contribution in [0.5, 0.6) is 0 Å². The zero-order valence-corrected chi connectivity index (χ0v) is 18.4. The summed E-state index contributed by atoms with van der Waals surface area (Å²) in [6, 6.07) is 10.3. The van der Waals surface area contributed by atoms with Crippen molar-refractivity contribution in [2.24, 2.45) is 7.05 Å². The molecule has 2 aromatic heterocycles. The number of piperazine rings is 1. The second kappa shape index (κ2) is 9.23. The molecule has 1 aliphatic heterocycles. The van der Waals surface area contributed by atoms with Crippen LogP contribution in [0.4, 0.5) is 11.9 Å². The monoisotopic (exact) mass is 419 g/mol. The summed E-state index contributed by atoms with van der Waals surface area (Å²) >= 11 is 0. The highest BCUT2D eigenvalue weighted by Crippen LogP contribution is 2.21. The van der Waals surface area contributed by atoms with Crippen molar-refractivity contribution < 1.29 is 0 Å². The first-order valence-corrected chi connectivity index (χ1v) is 10.7. The lowest BCUT2D eigenvalue weighted by Crippen LogP contribution is -2.44. The summed E-state index contributed by atoms with van der Waals surface area (Å²) in [5.41, 5.74) is 2.15. The first kappa shape index (κ1) is 20.9. The Hall–Kier alpha value is -3.31. The molecule has 8 nitrogen and oxygen atoms in total. The molecule has 0 amide bonds. The molecule has 0 atom stereocenters. The maximum Gasteiger partial charge on any atom is 0.281 e. The summed E-state index contributed by atoms with van der Waals surface area (Å²) in [5.74, 6) is 7.41. The minimum Gasteiger partial charge on any atom is -0.345 e. The number of nitrogens with zero attached hydrogens (tertiary/aromatic N) is 6. The molecule has 1 aromatic carbocycles. The van der Waals surface area contributed by atoms with E-state index in [1.165, 1.54) is 5.56 Å². The highest BCUT2D eigenvalue weighted by atomic mass is 16.1. The molecular formula is C23H29N7O. The van der Waals surface area contributed by atoms with Crippen molar-refractivity contribution >= 4 is 23.1 Å². The van der Waals surface area contributed by atoms with E-state index in [2.05, 4.69) is 34.2 Å². The van der Waals surface area contributed by atoms with Crippen LogP contribution in [0.15, 0.2) is 35.1 Å². The molecule has 1 aliphatic rings. The molecule has 1 saturated heterocycles. The Kier molecular flexibility index (Phi) is 6.23. The summed E-state index contributed by atoms with van der Waals surface area (Å²) in [5, 5.41) is 3.36. The van der Waals surface area contributed by atoms with E-state index in [0.29, 0.717) is 23.7 Å². The number of rotatable bonds is 6. The summed E-state index contributed by atoms with van der Waals surface area (Å²) < 4.78 is 3.53. The molecule has 3 aromatic rings. The van der Waals surface area contributed by atoms with E-state index in [9.17, 15) is 4.79 Å². The molecule has 1 fully saturated rings. The van der Waals surface area contributed by atoms with Gasteiger partial charge in [-0.15, -0.1) is 5.92 Å². The van der Waals surface area contributed by atoms with Gasteiger partial charge in [-0.2, -0.15) is 9.97 Å². The van der Waals surface area contributed by atoms with Crippen LogP contribution in [0, 0.1) is 11.8 Å². The zero-order valence-electron chi connectivity index (χ0n) is 18.4. The number of likely N-dealkylation sites (N-methyl/N-ethyl adjacent to an activating group) is 1. The molecule has 0 bridgehead atoms. The molecule has 162 valence electrons. The summed E-state index contributed by atoms with van der Waals surface area (Å²) in [6.45, 7) is 6.44. The van der Waals surface area contributed by atoms with Crippen molar-refractivity contribution in [2.45, 2.75) is 19.9 Å². The Morgan fingerprint density at radius 3 is 2.61 bits per heavy atom. The smallest absolute Gasteiger partial charge is 0.281 e. The Labute approximate surface area is 182 Å². The molecule has 0 saturated carbocycles. The van der Waals surface area contributed by atoms with Crippen LogP contribution in [-0.4, -0.2) is 58.9 Å². The molecule has 0 radical (unpaired) electrons. The molecule has 0 spiro atoms. The van der Waals surface area contributed by atoms with Gasteiger partial charge < -0.3 is 15.1 Å². The average Bonchev–Trinajstić information content (AvgIpc) is 3.18. The third-order valence-electron chi connectivity index (χ3n) is 5.68. The molecule has 1 N–H and O–H groups in total. The van der Waals surface area contributed by atoms with E-state index in [1.54, 1.807) is 18.5 Å². The predicted octanol–water partition coefficient (Wildman–Crippen LogP) is 1.24. The Morgan fingerprint density at radius 2 is 1.90 bits per heavy atom. The van der Waals surface area contributed by atoms with Crippen molar-refractivity contribution in [3.05, 3.63) is 46.2 Å². The average molecular weight is 420 g/mol. The normalized spacial score (nSPS) is 13.8. The number of aromatic nitrogens is 4. The van der Waals surface area contributed by atoms with Crippen LogP contribution < -0.4 is 20.7 Å². The maximum absolute atomic E-state index is 13.4. The fourth-order valence-electron chi connectivity index (χ4n) is 3.93. The fraction of sp³-hybridized carbons (Fsp3) is 0.435. The van der Waals surface area contributed by atoms with Gasteiger partial charge in [-0.25, -0.2) is 0 Å². The number of fused-ring (bicyclic) bond motifs is 1. The standard InChI is InChI=1S/C23H29N7O/c1-4-5-14-30-19-20(26-23(30)29-16-12-24-13-17-29)25-22(28(3)21(19)31)27(2)15-11-18-9-7-6-8-10-18/h6-10,24H,11-17H2,1-3H3. The van der Waals surface area contributed by atoms with E-state index in [0.717, 1.165) is 45.1 Å². The van der Waals surface area contributed by atoms with Crippen molar-refractivity contribution in [3.8, 4) is 11.8 Å². The molecular weight excluding hydrogens is 390 g/mol. The van der Waals surface area contributed by atoms with Crippen molar-refractivity contribution in [1.29, 1.82) is 0 Å². The lowest BCUT2D eigenvalue weighted by atomic mass is 10.1. The topological polar surface area (TPSA) is 71.2 Å². The van der Waals surface area contributed by atoms with Gasteiger partial charge in [0.25, 0.3) is 5.56 Å². The molecule has 4 rings (SSSR count). The number of benzene rings is 1. The van der Waals surface area contributed by atoms with E-state index < -0.39 is 0 Å². The molecule has 0 unspecified atom stereocenters. The summed E-state index contributed by atoms with van der Waals surface area (Å²) in [7, 11) is 3.74. The van der Waals surface area contributed by atoms with Gasteiger partial charge in [-0.3, -0.25) is 13.9 Å². The molecule has 8 heteroatoms. The number of imidazole rings is 1. The van der Waals surface area contributed by atoms with E-state index in [4.69, 9.17) is 9.97 Å². The highest BCUT2D eigenvalue weighted by Gasteiger charge is 2.23. The Balaban J connectivity index is 1.72. The minimum absolute atomic E-state index is 0.0988. The summed E-state index contributed by atoms with van der Waals surface area (Å²) in [6.07, 6.45) is 0.873. The molecule has 3 heterocycles. The van der Waals surface area contributed by atoms with Crippen LogP contribution in [-0.2, 0) is 20.0 Å². The number of anilines is 2. The van der Waals surface area contributed by atoms with Gasteiger partial charge in [0.2, 0.25) is 11.9 Å². The lowest BCUT2D eigenvalue weighted by Gasteiger charge is -2.28. The van der Waals surface area contributed by atoms with Gasteiger partial charge in [0, 0.05) is 46.8 Å². The van der Waals surface area contributed by atoms with Gasteiger partial charge >= 0.3 is 0 Å². The zero-order chi connectivity index (χ0) is 21.8. The SMILES string of the molecule is CC#CCn1c(N2CCNCC2)nc2nc(N(C)CCc3ccccc3)n(C)c(=O)c21. The van der Waals surface area contributed by atoms with Crippen LogP contribution in [0.3, 0.4) is 0 Å². The van der Waals surface area contributed by atoms with E-state index in [-0.39, 0.29) is 5.56 Å². The predicted molar refractivity (Wildman–Crippen MR) is 125 cm³/mol. The van der Waals surface area contributed by atoms with Crippen molar-refractivity contribution in [1.82, 2.24) is 24.4 Å². The lowest BCUT2D eigenvalue weighted by molar-refractivity contribution is 0.573. The van der Waals surface area contributed by atoms with E-state index >= 15 is 0 Å². The first-order valence-electron chi connectivity index (χ1n) is 10.7. The van der Waals surface area contributed by atoms with Crippen LogP contribution in [0.25, 0.3) is 11.2 Å². The highest BCUT2D eigenvalue weighted by molar-refractivity contribution is 5.76. The molecule has 31 heavy (non-hydrogen) atoms. The van der Waals surface area contributed by atoms with Gasteiger partial charge in [-0.05, 0) is 18.9 Å². The van der Waals surface area contributed by atoms with E-state index in [1.807, 2.05) is 34.7 Å². The Morgan fingerprint density at radius 1 is 1.16 bits per heavy atom. The van der Waals surface area contributed by atoms with Gasteiger partial charge in [0.1, 0.15) is 0 Å². The fourth-order valence-corrected chi connectivity index (χ4v) is 3.93. The third-order valence-corrected chi connectivity index (χ3v) is 5.68. The second-order valence-electron chi connectivity index (χ2n) is 7.77. The largest absolute Gasteiger partial charge is 0.345 e. The van der Waals surface area contributed by atoms with Crippen LogP contribution in [0.1, 0.15) is 12.5 Å². The quantitative estimate of drug-likeness (QED) is 0.607. The second-order valence-corrected chi connectivity index (χ2v) is 7.77.